The van der Waals surface area contributed by atoms with Crippen LogP contribution in [-0.4, -0.2) is 17.6 Å². The second-order valence-electron chi connectivity index (χ2n) is 5.98. The number of furan rings is 1. The van der Waals surface area contributed by atoms with Gasteiger partial charge in [-0.1, -0.05) is 11.6 Å². The lowest BCUT2D eigenvalue weighted by Gasteiger charge is -2.14. The topological polar surface area (TPSA) is 71.3 Å². The van der Waals surface area contributed by atoms with E-state index in [9.17, 15) is 22.8 Å². The molecule has 0 spiro atoms. The smallest absolute Gasteiger partial charge is 0.418 e. The zero-order chi connectivity index (χ0) is 21.7. The molecule has 0 saturated carbocycles. The lowest BCUT2D eigenvalue weighted by atomic mass is 10.1. The van der Waals surface area contributed by atoms with E-state index in [4.69, 9.17) is 16.0 Å². The second kappa shape index (κ2) is 9.27. The van der Waals surface area contributed by atoms with Gasteiger partial charge < -0.3 is 15.1 Å². The summed E-state index contributed by atoms with van der Waals surface area (Å²) in [5.41, 5.74) is -0.834. The largest absolute Gasteiger partial charge is 0.459 e. The summed E-state index contributed by atoms with van der Waals surface area (Å²) in [6.07, 6.45) is -3.25. The zero-order valence-corrected chi connectivity index (χ0v) is 16.7. The van der Waals surface area contributed by atoms with Gasteiger partial charge in [-0.2, -0.15) is 13.2 Å². The molecule has 10 heteroatoms. The fraction of sp³-hybridized carbons (Fsp3) is 0.100. The third-order valence-corrected chi connectivity index (χ3v) is 5.04. The summed E-state index contributed by atoms with van der Waals surface area (Å²) in [5, 5.41) is 4.84. The molecule has 0 bridgehead atoms. The maximum atomic E-state index is 13.1. The van der Waals surface area contributed by atoms with Gasteiger partial charge in [-0.3, -0.25) is 9.59 Å². The van der Waals surface area contributed by atoms with E-state index >= 15 is 0 Å². The van der Waals surface area contributed by atoms with Gasteiger partial charge in [0.05, 0.1) is 23.3 Å². The molecule has 0 aliphatic heterocycles. The van der Waals surface area contributed by atoms with Crippen molar-refractivity contribution in [1.29, 1.82) is 0 Å². The lowest BCUT2D eigenvalue weighted by molar-refractivity contribution is -0.137. The van der Waals surface area contributed by atoms with Crippen LogP contribution in [0.1, 0.15) is 16.1 Å². The molecule has 5 nitrogen and oxygen atoms in total. The summed E-state index contributed by atoms with van der Waals surface area (Å²) in [7, 11) is 0. The van der Waals surface area contributed by atoms with E-state index in [0.717, 1.165) is 23.9 Å². The van der Waals surface area contributed by atoms with E-state index in [1.807, 2.05) is 0 Å². The van der Waals surface area contributed by atoms with Crippen molar-refractivity contribution in [1.82, 2.24) is 0 Å². The highest BCUT2D eigenvalue weighted by atomic mass is 35.5. The highest BCUT2D eigenvalue weighted by molar-refractivity contribution is 8.00. The van der Waals surface area contributed by atoms with Crippen LogP contribution in [0, 0.1) is 0 Å². The molecule has 1 heterocycles. The molecule has 0 saturated heterocycles. The van der Waals surface area contributed by atoms with Crippen LogP contribution >= 0.6 is 23.4 Å². The Morgan fingerprint density at radius 1 is 1.03 bits per heavy atom. The Labute approximate surface area is 178 Å². The van der Waals surface area contributed by atoms with Gasteiger partial charge in [0.1, 0.15) is 0 Å². The average molecular weight is 455 g/mol. The van der Waals surface area contributed by atoms with E-state index in [2.05, 4.69) is 10.6 Å². The molecule has 0 radical (unpaired) electrons. The Hall–Kier alpha value is -2.91. The molecule has 0 unspecified atom stereocenters. The standard InChI is InChI=1S/C20H14ClF3N2O3S/c21-12-3-8-16(15(10-12)20(22,23)24)26-18(27)11-30-14-6-4-13(5-7-14)25-19(28)17-2-1-9-29-17/h1-10H,11H2,(H,25,28)(H,26,27). The van der Waals surface area contributed by atoms with Gasteiger partial charge in [0, 0.05) is 15.6 Å². The fourth-order valence-corrected chi connectivity index (χ4v) is 3.30. The minimum absolute atomic E-state index is 0.0751. The Morgan fingerprint density at radius 3 is 2.40 bits per heavy atom. The first-order valence-corrected chi connectivity index (χ1v) is 9.83. The Morgan fingerprint density at radius 2 is 1.77 bits per heavy atom. The molecule has 30 heavy (non-hydrogen) atoms. The van der Waals surface area contributed by atoms with Crippen LogP contribution in [0.2, 0.25) is 5.02 Å². The van der Waals surface area contributed by atoms with E-state index < -0.39 is 23.6 Å². The molecule has 3 rings (SSSR count). The van der Waals surface area contributed by atoms with Crippen molar-refractivity contribution in [2.24, 2.45) is 0 Å². The number of anilines is 2. The third-order valence-electron chi connectivity index (χ3n) is 3.79. The molecule has 2 N–H and O–H groups in total. The summed E-state index contributed by atoms with van der Waals surface area (Å²) >= 11 is 6.76. The van der Waals surface area contributed by atoms with Crippen LogP contribution in [0.4, 0.5) is 24.5 Å². The molecule has 0 atom stereocenters. The number of thioether (sulfide) groups is 1. The van der Waals surface area contributed by atoms with E-state index in [-0.39, 0.29) is 22.2 Å². The Kier molecular flexibility index (Phi) is 6.73. The van der Waals surface area contributed by atoms with Gasteiger partial charge in [0.25, 0.3) is 5.91 Å². The third kappa shape index (κ3) is 5.80. The normalized spacial score (nSPS) is 11.2. The molecule has 0 aliphatic rings. The van der Waals surface area contributed by atoms with E-state index in [1.54, 1.807) is 30.3 Å². The number of halogens is 4. The van der Waals surface area contributed by atoms with Crippen molar-refractivity contribution in [2.45, 2.75) is 11.1 Å². The van der Waals surface area contributed by atoms with Crippen molar-refractivity contribution in [3.8, 4) is 0 Å². The van der Waals surface area contributed by atoms with E-state index in [0.29, 0.717) is 10.6 Å². The molecular formula is C20H14ClF3N2O3S. The van der Waals surface area contributed by atoms with Gasteiger partial charge in [-0.05, 0) is 54.6 Å². The predicted octanol–water partition coefficient (Wildman–Crippen LogP) is 5.93. The summed E-state index contributed by atoms with van der Waals surface area (Å²) in [6, 6.07) is 12.9. The molecule has 0 fully saturated rings. The molecule has 2 amide bonds. The van der Waals surface area contributed by atoms with Gasteiger partial charge >= 0.3 is 6.18 Å². The SMILES string of the molecule is O=C(CSc1ccc(NC(=O)c2ccco2)cc1)Nc1ccc(Cl)cc1C(F)(F)F. The highest BCUT2D eigenvalue weighted by Crippen LogP contribution is 2.36. The molecule has 3 aromatic rings. The Balaban J connectivity index is 1.56. The number of nitrogens with one attached hydrogen (secondary N) is 2. The van der Waals surface area contributed by atoms with Crippen LogP contribution < -0.4 is 10.6 Å². The lowest BCUT2D eigenvalue weighted by Crippen LogP contribution is -2.18. The predicted molar refractivity (Wildman–Crippen MR) is 109 cm³/mol. The summed E-state index contributed by atoms with van der Waals surface area (Å²) < 4.78 is 44.3. The van der Waals surface area contributed by atoms with Gasteiger partial charge in [0.2, 0.25) is 5.91 Å². The van der Waals surface area contributed by atoms with Gasteiger partial charge in [0.15, 0.2) is 5.76 Å². The number of hydrogen-bond donors (Lipinski definition) is 2. The van der Waals surface area contributed by atoms with Crippen LogP contribution in [0.25, 0.3) is 0 Å². The van der Waals surface area contributed by atoms with Crippen LogP contribution in [0.5, 0.6) is 0 Å². The van der Waals surface area contributed by atoms with Gasteiger partial charge in [-0.15, -0.1) is 11.8 Å². The van der Waals surface area contributed by atoms with Crippen molar-refractivity contribution >= 4 is 46.6 Å². The van der Waals surface area contributed by atoms with Crippen molar-refractivity contribution in [3.63, 3.8) is 0 Å². The highest BCUT2D eigenvalue weighted by Gasteiger charge is 2.34. The number of hydrogen-bond acceptors (Lipinski definition) is 4. The minimum atomic E-state index is -4.64. The summed E-state index contributed by atoms with van der Waals surface area (Å²) in [6.45, 7) is 0. The quantitative estimate of drug-likeness (QED) is 0.452. The number of alkyl halides is 3. The number of rotatable bonds is 6. The first-order chi connectivity index (χ1) is 14.2. The molecule has 1 aromatic heterocycles. The molecule has 0 aliphatic carbocycles. The van der Waals surface area contributed by atoms with Crippen molar-refractivity contribution in [2.75, 3.05) is 16.4 Å². The summed E-state index contributed by atoms with van der Waals surface area (Å²) in [5.74, 6) is -0.922. The maximum Gasteiger partial charge on any atom is 0.418 e. The zero-order valence-electron chi connectivity index (χ0n) is 15.1. The number of benzene rings is 2. The Bertz CT molecular complexity index is 1040. The summed E-state index contributed by atoms with van der Waals surface area (Å²) in [4.78, 5) is 24.7. The fourth-order valence-electron chi connectivity index (χ4n) is 2.43. The van der Waals surface area contributed by atoms with E-state index in [1.165, 1.54) is 18.4 Å². The number of carbonyl (C=O) groups excluding carboxylic acids is 2. The number of amides is 2. The van der Waals surface area contributed by atoms with Crippen LogP contribution in [0.3, 0.4) is 0 Å². The minimum Gasteiger partial charge on any atom is -0.459 e. The molecule has 2 aromatic carbocycles. The second-order valence-corrected chi connectivity index (χ2v) is 7.47. The first-order valence-electron chi connectivity index (χ1n) is 8.47. The van der Waals surface area contributed by atoms with Crippen LogP contribution in [-0.2, 0) is 11.0 Å². The number of carbonyl (C=O) groups is 2. The van der Waals surface area contributed by atoms with Crippen molar-refractivity contribution in [3.05, 3.63) is 77.2 Å². The average Bonchev–Trinajstić information content (AvgIpc) is 3.23. The first kappa shape index (κ1) is 21.8. The van der Waals surface area contributed by atoms with Crippen LogP contribution in [0.15, 0.2) is 70.2 Å². The van der Waals surface area contributed by atoms with Gasteiger partial charge in [-0.25, -0.2) is 0 Å². The van der Waals surface area contributed by atoms with Crippen molar-refractivity contribution < 1.29 is 27.2 Å². The monoisotopic (exact) mass is 454 g/mol. The molecular weight excluding hydrogens is 441 g/mol. The maximum absolute atomic E-state index is 13.1. The molecule has 156 valence electrons.